The number of nitrogens with two attached hydrogens (primary N) is 1. The number of halogens is 3. The first-order chi connectivity index (χ1) is 12.7. The van der Waals surface area contributed by atoms with E-state index in [-0.39, 0.29) is 23.8 Å². The SMILES string of the molecule is CC(c1cccc(OC(F)(F)F)c1)C1(O)CCCCC1N1CCC[C@@H](N)C1. The summed E-state index contributed by atoms with van der Waals surface area (Å²) < 4.78 is 41.7. The summed E-state index contributed by atoms with van der Waals surface area (Å²) in [6.45, 7) is 3.57. The zero-order valence-electron chi connectivity index (χ0n) is 15.7. The van der Waals surface area contributed by atoms with Gasteiger partial charge in [-0.2, -0.15) is 0 Å². The minimum atomic E-state index is -4.73. The molecule has 4 atom stereocenters. The van der Waals surface area contributed by atoms with Gasteiger partial charge >= 0.3 is 6.36 Å². The third kappa shape index (κ3) is 4.76. The van der Waals surface area contributed by atoms with E-state index in [0.29, 0.717) is 12.0 Å². The molecule has 3 rings (SSSR count). The first-order valence-electron chi connectivity index (χ1n) is 9.77. The highest BCUT2D eigenvalue weighted by Crippen LogP contribution is 2.43. The van der Waals surface area contributed by atoms with E-state index in [1.807, 2.05) is 6.92 Å². The van der Waals surface area contributed by atoms with Gasteiger partial charge in [0, 0.05) is 24.5 Å². The molecular formula is C20H29F3N2O2. The summed E-state index contributed by atoms with van der Waals surface area (Å²) in [6, 6.07) is 6.08. The smallest absolute Gasteiger partial charge is 0.406 e. The Bertz CT molecular complexity index is 640. The number of nitrogens with zero attached hydrogens (tertiary/aromatic N) is 1. The van der Waals surface area contributed by atoms with E-state index >= 15 is 0 Å². The van der Waals surface area contributed by atoms with Crippen LogP contribution in [0.5, 0.6) is 5.75 Å². The van der Waals surface area contributed by atoms with Crippen LogP contribution in [-0.4, -0.2) is 47.1 Å². The Balaban J connectivity index is 1.84. The molecule has 1 aromatic rings. The molecule has 1 saturated heterocycles. The maximum absolute atomic E-state index is 12.6. The van der Waals surface area contributed by atoms with E-state index in [9.17, 15) is 18.3 Å². The van der Waals surface area contributed by atoms with Crippen LogP contribution in [-0.2, 0) is 0 Å². The van der Waals surface area contributed by atoms with Crippen LogP contribution in [0.15, 0.2) is 24.3 Å². The molecule has 0 aromatic heterocycles. The van der Waals surface area contributed by atoms with Crippen molar-refractivity contribution in [3.8, 4) is 5.75 Å². The maximum Gasteiger partial charge on any atom is 0.573 e. The summed E-state index contributed by atoms with van der Waals surface area (Å²) >= 11 is 0. The Labute approximate surface area is 158 Å². The van der Waals surface area contributed by atoms with Gasteiger partial charge in [0.2, 0.25) is 0 Å². The van der Waals surface area contributed by atoms with Gasteiger partial charge < -0.3 is 15.6 Å². The van der Waals surface area contributed by atoms with Crippen molar-refractivity contribution in [1.29, 1.82) is 0 Å². The zero-order chi connectivity index (χ0) is 19.7. The fourth-order valence-corrected chi connectivity index (χ4v) is 4.76. The summed E-state index contributed by atoms with van der Waals surface area (Å²) in [7, 11) is 0. The van der Waals surface area contributed by atoms with Crippen molar-refractivity contribution in [2.45, 2.75) is 75.4 Å². The number of hydrogen-bond donors (Lipinski definition) is 2. The van der Waals surface area contributed by atoms with Crippen molar-refractivity contribution in [3.05, 3.63) is 29.8 Å². The molecule has 2 aliphatic rings. The van der Waals surface area contributed by atoms with Gasteiger partial charge in [0.15, 0.2) is 0 Å². The molecule has 152 valence electrons. The molecule has 1 saturated carbocycles. The molecule has 7 heteroatoms. The maximum atomic E-state index is 12.6. The predicted molar refractivity (Wildman–Crippen MR) is 97.5 cm³/mol. The van der Waals surface area contributed by atoms with Crippen LogP contribution in [0.2, 0.25) is 0 Å². The summed E-state index contributed by atoms with van der Waals surface area (Å²) in [5.41, 5.74) is 5.81. The second-order valence-corrected chi connectivity index (χ2v) is 7.99. The van der Waals surface area contributed by atoms with E-state index in [1.54, 1.807) is 12.1 Å². The molecule has 3 unspecified atom stereocenters. The molecule has 4 nitrogen and oxygen atoms in total. The van der Waals surface area contributed by atoms with Crippen molar-refractivity contribution >= 4 is 0 Å². The highest BCUT2D eigenvalue weighted by molar-refractivity contribution is 5.33. The number of rotatable bonds is 4. The molecule has 0 spiro atoms. The molecule has 3 N–H and O–H groups in total. The van der Waals surface area contributed by atoms with Crippen molar-refractivity contribution in [1.82, 2.24) is 4.90 Å². The predicted octanol–water partition coefficient (Wildman–Crippen LogP) is 3.79. The second kappa shape index (κ2) is 7.97. The Morgan fingerprint density at radius 3 is 2.74 bits per heavy atom. The van der Waals surface area contributed by atoms with Gasteiger partial charge in [-0.25, -0.2) is 0 Å². The molecule has 1 aliphatic heterocycles. The Morgan fingerprint density at radius 1 is 1.26 bits per heavy atom. The summed E-state index contributed by atoms with van der Waals surface area (Å²) in [5, 5.41) is 11.7. The number of alkyl halides is 3. The Morgan fingerprint density at radius 2 is 2.04 bits per heavy atom. The van der Waals surface area contributed by atoms with Crippen molar-refractivity contribution in [2.24, 2.45) is 5.73 Å². The fraction of sp³-hybridized carbons (Fsp3) is 0.700. The molecule has 0 radical (unpaired) electrons. The first kappa shape index (κ1) is 20.4. The van der Waals surface area contributed by atoms with Crippen LogP contribution in [0, 0.1) is 0 Å². The van der Waals surface area contributed by atoms with Gasteiger partial charge in [0.05, 0.1) is 5.60 Å². The van der Waals surface area contributed by atoms with Crippen LogP contribution in [0.1, 0.15) is 56.9 Å². The van der Waals surface area contributed by atoms with E-state index < -0.39 is 12.0 Å². The lowest BCUT2D eigenvalue weighted by molar-refractivity contribution is -0.274. The molecule has 0 bridgehead atoms. The van der Waals surface area contributed by atoms with Gasteiger partial charge in [-0.1, -0.05) is 31.9 Å². The third-order valence-corrected chi connectivity index (χ3v) is 6.15. The molecule has 1 heterocycles. The van der Waals surface area contributed by atoms with Gasteiger partial charge in [-0.15, -0.1) is 13.2 Å². The summed E-state index contributed by atoms with van der Waals surface area (Å²) in [4.78, 5) is 2.29. The van der Waals surface area contributed by atoms with E-state index in [4.69, 9.17) is 5.73 Å². The van der Waals surface area contributed by atoms with Gasteiger partial charge in [-0.05, 0) is 49.9 Å². The van der Waals surface area contributed by atoms with Crippen molar-refractivity contribution in [2.75, 3.05) is 13.1 Å². The number of piperidine rings is 1. The number of hydrogen-bond acceptors (Lipinski definition) is 4. The fourth-order valence-electron chi connectivity index (χ4n) is 4.76. The molecule has 0 amide bonds. The monoisotopic (exact) mass is 386 g/mol. The first-order valence-corrected chi connectivity index (χ1v) is 9.77. The van der Waals surface area contributed by atoms with Crippen LogP contribution >= 0.6 is 0 Å². The summed E-state index contributed by atoms with van der Waals surface area (Å²) in [5.74, 6) is -0.555. The Hall–Kier alpha value is -1.31. The average molecular weight is 386 g/mol. The van der Waals surface area contributed by atoms with Gasteiger partial charge in [0.25, 0.3) is 0 Å². The quantitative estimate of drug-likeness (QED) is 0.827. The Kier molecular flexibility index (Phi) is 6.03. The minimum absolute atomic E-state index is 0.0280. The molecule has 2 fully saturated rings. The number of benzene rings is 1. The van der Waals surface area contributed by atoms with Crippen LogP contribution < -0.4 is 10.5 Å². The molecule has 27 heavy (non-hydrogen) atoms. The van der Waals surface area contributed by atoms with Crippen LogP contribution in [0.4, 0.5) is 13.2 Å². The standard InChI is InChI=1S/C20H29F3N2O2/c1-14(15-6-4-8-17(12-15)27-20(21,22)23)19(26)10-3-2-9-18(19)25-11-5-7-16(24)13-25/h4,6,8,12,14,16,18,26H,2-3,5,7,9-11,13,24H2,1H3/t14?,16-,18?,19?/m1/s1. The van der Waals surface area contributed by atoms with Crippen molar-refractivity contribution in [3.63, 3.8) is 0 Å². The third-order valence-electron chi connectivity index (χ3n) is 6.15. The lowest BCUT2D eigenvalue weighted by Crippen LogP contribution is -2.60. The zero-order valence-corrected chi connectivity index (χ0v) is 15.7. The molecule has 1 aliphatic carbocycles. The summed E-state index contributed by atoms with van der Waals surface area (Å²) in [6.07, 6.45) is 0.751. The van der Waals surface area contributed by atoms with E-state index in [2.05, 4.69) is 9.64 Å². The number of aliphatic hydroxyl groups is 1. The average Bonchev–Trinajstić information content (AvgIpc) is 2.60. The lowest BCUT2D eigenvalue weighted by atomic mass is 9.69. The van der Waals surface area contributed by atoms with Crippen molar-refractivity contribution < 1.29 is 23.0 Å². The number of likely N-dealkylation sites (tertiary alicyclic amines) is 1. The van der Waals surface area contributed by atoms with Gasteiger partial charge in [0.1, 0.15) is 5.75 Å². The second-order valence-electron chi connectivity index (χ2n) is 7.99. The highest BCUT2D eigenvalue weighted by atomic mass is 19.4. The minimum Gasteiger partial charge on any atom is -0.406 e. The molecular weight excluding hydrogens is 357 g/mol. The molecule has 1 aromatic carbocycles. The normalized spacial score (nSPS) is 31.5. The topological polar surface area (TPSA) is 58.7 Å². The largest absolute Gasteiger partial charge is 0.573 e. The lowest BCUT2D eigenvalue weighted by Gasteiger charge is -2.50. The van der Waals surface area contributed by atoms with Crippen LogP contribution in [0.3, 0.4) is 0 Å². The van der Waals surface area contributed by atoms with Crippen LogP contribution in [0.25, 0.3) is 0 Å². The van der Waals surface area contributed by atoms with Gasteiger partial charge in [-0.3, -0.25) is 4.90 Å². The highest BCUT2D eigenvalue weighted by Gasteiger charge is 2.47. The number of ether oxygens (including phenoxy) is 1. The van der Waals surface area contributed by atoms with E-state index in [0.717, 1.165) is 45.2 Å². The van der Waals surface area contributed by atoms with E-state index in [1.165, 1.54) is 12.1 Å².